The molecule has 2 heteroatoms. The van der Waals surface area contributed by atoms with Gasteiger partial charge in [0.2, 0.25) is 0 Å². The van der Waals surface area contributed by atoms with Crippen LogP contribution in [-0.4, -0.2) is 30.1 Å². The Labute approximate surface area is 147 Å². The van der Waals surface area contributed by atoms with E-state index in [4.69, 9.17) is 4.74 Å². The Morgan fingerprint density at radius 2 is 1.42 bits per heavy atom. The van der Waals surface area contributed by atoms with Crippen LogP contribution in [0.1, 0.15) is 50.5 Å². The van der Waals surface area contributed by atoms with Crippen molar-refractivity contribution in [2.45, 2.75) is 52.8 Å². The summed E-state index contributed by atoms with van der Waals surface area (Å²) < 4.78 is 6.38. The van der Waals surface area contributed by atoms with Gasteiger partial charge < -0.3 is 4.74 Å². The predicted octanol–water partition coefficient (Wildman–Crippen LogP) is 5.22. The van der Waals surface area contributed by atoms with E-state index in [2.05, 4.69) is 94.1 Å². The number of nitrogens with zero attached hydrogens (tertiary/aromatic N) is 1. The quantitative estimate of drug-likeness (QED) is 0.660. The van der Waals surface area contributed by atoms with E-state index in [0.717, 1.165) is 13.2 Å². The third kappa shape index (κ3) is 4.93. The highest BCUT2D eigenvalue weighted by atomic mass is 16.5. The highest BCUT2D eigenvalue weighted by Crippen LogP contribution is 2.28. The summed E-state index contributed by atoms with van der Waals surface area (Å²) >= 11 is 0. The van der Waals surface area contributed by atoms with Crippen LogP contribution in [-0.2, 0) is 4.74 Å². The van der Waals surface area contributed by atoms with Crippen molar-refractivity contribution in [2.75, 3.05) is 13.2 Å². The summed E-state index contributed by atoms with van der Waals surface area (Å²) in [6.07, 6.45) is -0.00595. The van der Waals surface area contributed by atoms with Crippen LogP contribution in [0.4, 0.5) is 0 Å². The molecule has 0 bridgehead atoms. The van der Waals surface area contributed by atoms with Gasteiger partial charge in [0.05, 0.1) is 6.61 Å². The van der Waals surface area contributed by atoms with Crippen LogP contribution in [0.3, 0.4) is 0 Å². The molecule has 130 valence electrons. The van der Waals surface area contributed by atoms with Crippen LogP contribution in [0.2, 0.25) is 0 Å². The molecule has 0 unspecified atom stereocenters. The van der Waals surface area contributed by atoms with E-state index in [0.29, 0.717) is 12.1 Å². The molecule has 0 heterocycles. The zero-order valence-corrected chi connectivity index (χ0v) is 15.7. The van der Waals surface area contributed by atoms with Crippen LogP contribution in [0.25, 0.3) is 0 Å². The number of benzene rings is 2. The molecule has 0 saturated carbocycles. The predicted molar refractivity (Wildman–Crippen MR) is 102 cm³/mol. The van der Waals surface area contributed by atoms with Crippen LogP contribution < -0.4 is 0 Å². The van der Waals surface area contributed by atoms with Crippen molar-refractivity contribution in [3.8, 4) is 0 Å². The molecule has 0 aliphatic carbocycles. The fourth-order valence-electron chi connectivity index (χ4n) is 3.26. The SMILES string of the molecule is Cc1ccccc1[C@@H](OCCN(C(C)C)C(C)C)c1ccccc1. The maximum absolute atomic E-state index is 6.38. The second kappa shape index (κ2) is 9.00. The molecule has 0 radical (unpaired) electrons. The van der Waals surface area contributed by atoms with Crippen molar-refractivity contribution < 1.29 is 4.74 Å². The lowest BCUT2D eigenvalue weighted by Gasteiger charge is -2.31. The van der Waals surface area contributed by atoms with Gasteiger partial charge in [-0.15, -0.1) is 0 Å². The molecule has 0 aromatic heterocycles. The molecular weight excluding hydrogens is 294 g/mol. The van der Waals surface area contributed by atoms with E-state index < -0.39 is 0 Å². The number of rotatable bonds is 8. The fourth-order valence-corrected chi connectivity index (χ4v) is 3.26. The van der Waals surface area contributed by atoms with E-state index in [9.17, 15) is 0 Å². The average molecular weight is 325 g/mol. The van der Waals surface area contributed by atoms with Gasteiger partial charge in [0, 0.05) is 18.6 Å². The minimum absolute atomic E-state index is 0.00595. The normalized spacial score (nSPS) is 13.0. The first-order valence-electron chi connectivity index (χ1n) is 8.98. The zero-order valence-electron chi connectivity index (χ0n) is 15.7. The lowest BCUT2D eigenvalue weighted by atomic mass is 9.97. The van der Waals surface area contributed by atoms with Crippen LogP contribution in [0, 0.1) is 6.92 Å². The maximum atomic E-state index is 6.38. The molecule has 2 aromatic rings. The van der Waals surface area contributed by atoms with Crippen LogP contribution in [0.15, 0.2) is 54.6 Å². The minimum atomic E-state index is -0.00595. The second-order valence-electron chi connectivity index (χ2n) is 6.94. The van der Waals surface area contributed by atoms with Crippen LogP contribution >= 0.6 is 0 Å². The van der Waals surface area contributed by atoms with Gasteiger partial charge in [-0.3, -0.25) is 4.90 Å². The molecule has 1 atom stereocenters. The third-order valence-electron chi connectivity index (χ3n) is 4.53. The molecule has 0 saturated heterocycles. The molecule has 0 spiro atoms. The van der Waals surface area contributed by atoms with E-state index in [-0.39, 0.29) is 6.10 Å². The van der Waals surface area contributed by atoms with Crippen molar-refractivity contribution in [3.05, 3.63) is 71.3 Å². The number of ether oxygens (including phenoxy) is 1. The summed E-state index contributed by atoms with van der Waals surface area (Å²) in [6, 6.07) is 20.1. The van der Waals surface area contributed by atoms with Crippen LogP contribution in [0.5, 0.6) is 0 Å². The highest BCUT2D eigenvalue weighted by molar-refractivity contribution is 5.35. The Balaban J connectivity index is 2.15. The summed E-state index contributed by atoms with van der Waals surface area (Å²) in [6.45, 7) is 12.8. The Morgan fingerprint density at radius 3 is 2.00 bits per heavy atom. The molecule has 2 rings (SSSR count). The summed E-state index contributed by atoms with van der Waals surface area (Å²) in [5, 5.41) is 0. The first kappa shape index (κ1) is 18.7. The van der Waals surface area contributed by atoms with Gasteiger partial charge in [-0.1, -0.05) is 54.6 Å². The van der Waals surface area contributed by atoms with Gasteiger partial charge in [0.15, 0.2) is 0 Å². The fraction of sp³-hybridized carbons (Fsp3) is 0.455. The van der Waals surface area contributed by atoms with Gasteiger partial charge in [-0.2, -0.15) is 0 Å². The summed E-state index contributed by atoms with van der Waals surface area (Å²) in [5.74, 6) is 0. The molecule has 24 heavy (non-hydrogen) atoms. The summed E-state index contributed by atoms with van der Waals surface area (Å²) in [5.41, 5.74) is 3.74. The Morgan fingerprint density at radius 1 is 0.833 bits per heavy atom. The largest absolute Gasteiger partial charge is 0.367 e. The third-order valence-corrected chi connectivity index (χ3v) is 4.53. The van der Waals surface area contributed by atoms with E-state index in [1.54, 1.807) is 0 Å². The van der Waals surface area contributed by atoms with Gasteiger partial charge in [0.1, 0.15) is 6.10 Å². The summed E-state index contributed by atoms with van der Waals surface area (Å²) in [4.78, 5) is 2.47. The first-order chi connectivity index (χ1) is 11.5. The van der Waals surface area contributed by atoms with Crippen molar-refractivity contribution in [2.24, 2.45) is 0 Å². The molecule has 2 nitrogen and oxygen atoms in total. The number of hydrogen-bond donors (Lipinski definition) is 0. The summed E-state index contributed by atoms with van der Waals surface area (Å²) in [7, 11) is 0. The van der Waals surface area contributed by atoms with Gasteiger partial charge in [-0.25, -0.2) is 0 Å². The maximum Gasteiger partial charge on any atom is 0.108 e. The molecule has 0 aliphatic rings. The van der Waals surface area contributed by atoms with Gasteiger partial charge >= 0.3 is 0 Å². The number of aryl methyl sites for hydroxylation is 1. The average Bonchev–Trinajstić information content (AvgIpc) is 2.56. The Kier molecular flexibility index (Phi) is 7.01. The molecular formula is C22H31NO. The van der Waals surface area contributed by atoms with Crippen molar-refractivity contribution in [1.82, 2.24) is 4.90 Å². The zero-order chi connectivity index (χ0) is 17.5. The lowest BCUT2D eigenvalue weighted by Crippen LogP contribution is -2.39. The van der Waals surface area contributed by atoms with Gasteiger partial charge in [0.25, 0.3) is 0 Å². The molecule has 0 fully saturated rings. The van der Waals surface area contributed by atoms with E-state index in [1.165, 1.54) is 16.7 Å². The minimum Gasteiger partial charge on any atom is -0.367 e. The van der Waals surface area contributed by atoms with Crippen molar-refractivity contribution in [1.29, 1.82) is 0 Å². The molecule has 0 amide bonds. The smallest absolute Gasteiger partial charge is 0.108 e. The second-order valence-corrected chi connectivity index (χ2v) is 6.94. The monoisotopic (exact) mass is 325 g/mol. The van der Waals surface area contributed by atoms with Crippen molar-refractivity contribution in [3.63, 3.8) is 0 Å². The molecule has 0 N–H and O–H groups in total. The number of hydrogen-bond acceptors (Lipinski definition) is 2. The lowest BCUT2D eigenvalue weighted by molar-refractivity contribution is 0.0438. The van der Waals surface area contributed by atoms with Gasteiger partial charge in [-0.05, 0) is 51.3 Å². The topological polar surface area (TPSA) is 12.5 Å². The Bertz CT molecular complexity index is 598. The van der Waals surface area contributed by atoms with Crippen molar-refractivity contribution >= 4 is 0 Å². The van der Waals surface area contributed by atoms with E-state index in [1.807, 2.05) is 0 Å². The Hall–Kier alpha value is -1.64. The van der Waals surface area contributed by atoms with E-state index >= 15 is 0 Å². The molecule has 0 aliphatic heterocycles. The highest BCUT2D eigenvalue weighted by Gasteiger charge is 2.18. The molecule has 2 aromatic carbocycles. The first-order valence-corrected chi connectivity index (χ1v) is 8.98. The standard InChI is InChI=1S/C22H31NO/c1-17(2)23(18(3)4)15-16-24-22(20-12-7-6-8-13-20)21-14-10-9-11-19(21)5/h6-14,17-18,22H,15-16H2,1-5H3/t22-/m0/s1.